The van der Waals surface area contributed by atoms with E-state index in [9.17, 15) is 9.65 Å². The van der Waals surface area contributed by atoms with Crippen molar-refractivity contribution in [1.82, 2.24) is 25.9 Å². The van der Waals surface area contributed by atoms with E-state index >= 15 is 0 Å². The molecule has 214 valence electrons. The molecule has 1 saturated carbocycles. The molecule has 2 aliphatic rings. The van der Waals surface area contributed by atoms with Crippen LogP contribution in [0.1, 0.15) is 56.5 Å². The van der Waals surface area contributed by atoms with Crippen molar-refractivity contribution in [3.05, 3.63) is 107 Å². The van der Waals surface area contributed by atoms with E-state index in [0.717, 1.165) is 40.9 Å². The molecule has 4 aromatic rings. The molecule has 0 spiro atoms. The Morgan fingerprint density at radius 3 is 2.60 bits per heavy atom. The van der Waals surface area contributed by atoms with Gasteiger partial charge in [0.2, 0.25) is 0 Å². The standard InChI is InChI=1S/C32H32ClFN8/c1-31(2,3)19-38-28-21(16-35)17-37-30-24(28)14-23(15-25(30)33)39-29(20-7-9-22(34)10-8-20)26-18-42(41-40-26)32(11-12-32)27-6-4-5-13-36-27/h4-10,13-15,17-18,29,39-41H,11-12,19H2,1-3H3,(H,37,38)/t29-/m0/s1. The molecular weight excluding hydrogens is 551 g/mol. The van der Waals surface area contributed by atoms with Crippen molar-refractivity contribution >= 4 is 33.9 Å². The molecule has 0 radical (unpaired) electrons. The summed E-state index contributed by atoms with van der Waals surface area (Å²) < 4.78 is 13.9. The zero-order chi connectivity index (χ0) is 29.5. The van der Waals surface area contributed by atoms with Crippen LogP contribution in [0.25, 0.3) is 10.9 Å². The van der Waals surface area contributed by atoms with Crippen LogP contribution >= 0.6 is 11.6 Å². The number of halogens is 2. The number of nitriles is 1. The minimum Gasteiger partial charge on any atom is -0.383 e. The molecule has 6 rings (SSSR count). The highest BCUT2D eigenvalue weighted by atomic mass is 35.5. The molecule has 4 N–H and O–H groups in total. The average molecular weight is 583 g/mol. The lowest BCUT2D eigenvalue weighted by atomic mass is 9.96. The summed E-state index contributed by atoms with van der Waals surface area (Å²) in [5.74, 6) is -0.309. The Kier molecular flexibility index (Phi) is 7.13. The first-order chi connectivity index (χ1) is 20.2. The Morgan fingerprint density at radius 1 is 1.14 bits per heavy atom. The number of nitrogens with zero attached hydrogens (tertiary/aromatic N) is 4. The predicted octanol–water partition coefficient (Wildman–Crippen LogP) is 6.76. The Hall–Kier alpha value is -4.39. The van der Waals surface area contributed by atoms with Crippen molar-refractivity contribution in [2.24, 2.45) is 5.41 Å². The molecule has 42 heavy (non-hydrogen) atoms. The van der Waals surface area contributed by atoms with E-state index in [1.807, 2.05) is 42.7 Å². The van der Waals surface area contributed by atoms with Gasteiger partial charge in [-0.25, -0.2) is 4.39 Å². The summed E-state index contributed by atoms with van der Waals surface area (Å²) in [5.41, 5.74) is 11.6. The van der Waals surface area contributed by atoms with Gasteiger partial charge in [-0.3, -0.25) is 15.0 Å². The molecule has 1 atom stereocenters. The minimum absolute atomic E-state index is 0.0106. The molecule has 1 aliphatic carbocycles. The van der Waals surface area contributed by atoms with Crippen molar-refractivity contribution in [1.29, 1.82) is 5.26 Å². The fourth-order valence-electron chi connectivity index (χ4n) is 5.22. The van der Waals surface area contributed by atoms with Crippen molar-refractivity contribution in [3.63, 3.8) is 0 Å². The summed E-state index contributed by atoms with van der Waals surface area (Å²) in [5, 5.41) is 20.2. The first-order valence-corrected chi connectivity index (χ1v) is 14.3. The van der Waals surface area contributed by atoms with Gasteiger partial charge < -0.3 is 16.1 Å². The van der Waals surface area contributed by atoms with Gasteiger partial charge in [0.15, 0.2) is 0 Å². The van der Waals surface area contributed by atoms with Gasteiger partial charge in [-0.05, 0) is 60.2 Å². The SMILES string of the molecule is CC(C)(C)CNc1c(C#N)cnc2c(Cl)cc(N[C@H](C3=CN(C4(c5ccccn5)CC4)NN3)c3ccc(F)cc3)cc12. The number of anilines is 2. The number of pyridine rings is 2. The number of aromatic nitrogens is 2. The molecule has 0 amide bonds. The lowest BCUT2D eigenvalue weighted by Crippen LogP contribution is -2.44. The van der Waals surface area contributed by atoms with E-state index < -0.39 is 0 Å². The molecule has 3 heterocycles. The second-order valence-electron chi connectivity index (χ2n) is 12.0. The van der Waals surface area contributed by atoms with Gasteiger partial charge in [0, 0.05) is 36.2 Å². The van der Waals surface area contributed by atoms with Crippen molar-refractivity contribution < 1.29 is 4.39 Å². The van der Waals surface area contributed by atoms with Gasteiger partial charge in [0.25, 0.3) is 0 Å². The summed E-state index contributed by atoms with van der Waals surface area (Å²) in [6.07, 6.45) is 7.34. The van der Waals surface area contributed by atoms with Gasteiger partial charge in [-0.1, -0.05) is 50.6 Å². The van der Waals surface area contributed by atoms with E-state index in [4.69, 9.17) is 11.6 Å². The van der Waals surface area contributed by atoms with E-state index in [0.29, 0.717) is 28.3 Å². The molecule has 2 aromatic heterocycles. The smallest absolute Gasteiger partial charge is 0.123 e. The van der Waals surface area contributed by atoms with Crippen LogP contribution in [0.3, 0.4) is 0 Å². The maximum Gasteiger partial charge on any atom is 0.123 e. The summed E-state index contributed by atoms with van der Waals surface area (Å²) in [6, 6.07) is 18.0. The summed E-state index contributed by atoms with van der Waals surface area (Å²) in [7, 11) is 0. The molecular formula is C32H32ClFN8. The van der Waals surface area contributed by atoms with E-state index in [1.54, 1.807) is 18.3 Å². The third kappa shape index (κ3) is 5.43. The van der Waals surface area contributed by atoms with Crippen LogP contribution in [0.15, 0.2) is 78.9 Å². The highest BCUT2D eigenvalue weighted by Gasteiger charge is 2.52. The number of fused-ring (bicyclic) bond motifs is 1. The Morgan fingerprint density at radius 2 is 1.93 bits per heavy atom. The Labute approximate surface area is 249 Å². The Balaban J connectivity index is 1.39. The zero-order valence-electron chi connectivity index (χ0n) is 23.7. The van der Waals surface area contributed by atoms with E-state index in [1.165, 1.54) is 12.1 Å². The van der Waals surface area contributed by atoms with Crippen molar-refractivity contribution in [2.75, 3.05) is 17.2 Å². The van der Waals surface area contributed by atoms with Crippen LogP contribution in [-0.2, 0) is 5.54 Å². The van der Waals surface area contributed by atoms with E-state index in [2.05, 4.69) is 63.4 Å². The highest BCUT2D eigenvalue weighted by molar-refractivity contribution is 6.35. The third-order valence-electron chi connectivity index (χ3n) is 7.58. The van der Waals surface area contributed by atoms with Crippen LogP contribution in [0.4, 0.5) is 15.8 Å². The molecule has 1 fully saturated rings. The number of hydrogen-bond acceptors (Lipinski definition) is 8. The number of hydrazine groups is 2. The number of benzene rings is 2. The summed E-state index contributed by atoms with van der Waals surface area (Å²) >= 11 is 6.77. The van der Waals surface area contributed by atoms with E-state index in [-0.39, 0.29) is 22.8 Å². The van der Waals surface area contributed by atoms with Crippen molar-refractivity contribution in [3.8, 4) is 6.07 Å². The summed E-state index contributed by atoms with van der Waals surface area (Å²) in [6.45, 7) is 7.04. The van der Waals surface area contributed by atoms with Gasteiger partial charge in [0.1, 0.15) is 11.9 Å². The van der Waals surface area contributed by atoms with Gasteiger partial charge in [0.05, 0.1) is 44.8 Å². The van der Waals surface area contributed by atoms with Crippen LogP contribution < -0.4 is 21.6 Å². The third-order valence-corrected chi connectivity index (χ3v) is 7.87. The largest absolute Gasteiger partial charge is 0.383 e. The molecule has 0 unspecified atom stereocenters. The van der Waals surface area contributed by atoms with Crippen LogP contribution in [0.5, 0.6) is 0 Å². The fraction of sp³-hybridized carbons (Fsp3) is 0.281. The highest BCUT2D eigenvalue weighted by Crippen LogP contribution is 2.50. The number of rotatable bonds is 8. The normalized spacial score (nSPS) is 16.4. The molecule has 1 aliphatic heterocycles. The monoisotopic (exact) mass is 582 g/mol. The predicted molar refractivity (Wildman–Crippen MR) is 164 cm³/mol. The second kappa shape index (κ2) is 10.8. The number of nitrogens with one attached hydrogen (secondary N) is 4. The minimum atomic E-state index is -0.380. The van der Waals surface area contributed by atoms with Crippen LogP contribution in [0.2, 0.25) is 5.02 Å². The lowest BCUT2D eigenvalue weighted by molar-refractivity contribution is 0.173. The maximum atomic E-state index is 13.9. The second-order valence-corrected chi connectivity index (χ2v) is 12.4. The molecule has 2 aromatic carbocycles. The Bertz CT molecular complexity index is 1690. The lowest BCUT2D eigenvalue weighted by Gasteiger charge is -2.26. The maximum absolute atomic E-state index is 13.9. The van der Waals surface area contributed by atoms with Crippen LogP contribution in [-0.4, -0.2) is 21.5 Å². The van der Waals surface area contributed by atoms with Crippen LogP contribution in [0, 0.1) is 22.6 Å². The van der Waals surface area contributed by atoms with Gasteiger partial charge in [-0.15, -0.1) is 5.53 Å². The molecule has 10 heteroatoms. The summed E-state index contributed by atoms with van der Waals surface area (Å²) in [4.78, 5) is 9.09. The molecule has 0 saturated heterocycles. The molecule has 0 bridgehead atoms. The first kappa shape index (κ1) is 27.8. The average Bonchev–Trinajstić information content (AvgIpc) is 3.64. The fourth-order valence-corrected chi connectivity index (χ4v) is 5.48. The number of hydrogen-bond donors (Lipinski definition) is 4. The van der Waals surface area contributed by atoms with Gasteiger partial charge in [-0.2, -0.15) is 5.26 Å². The first-order valence-electron chi connectivity index (χ1n) is 13.9. The topological polar surface area (TPSA) is 101 Å². The quantitative estimate of drug-likeness (QED) is 0.181. The van der Waals surface area contributed by atoms with Gasteiger partial charge >= 0.3 is 0 Å². The van der Waals surface area contributed by atoms with Crippen molar-refractivity contribution in [2.45, 2.75) is 45.2 Å². The zero-order valence-corrected chi connectivity index (χ0v) is 24.4. The molecule has 8 nitrogen and oxygen atoms in total.